The molecule has 2 aromatic heterocycles. The average Bonchev–Trinajstić information content (AvgIpc) is 2.86. The van der Waals surface area contributed by atoms with Crippen LogP contribution in [-0.4, -0.2) is 20.8 Å². The molecule has 0 fully saturated rings. The van der Waals surface area contributed by atoms with Crippen molar-refractivity contribution in [3.05, 3.63) is 45.7 Å². The van der Waals surface area contributed by atoms with E-state index in [1.807, 2.05) is 6.07 Å². The molecule has 0 saturated carbocycles. The van der Waals surface area contributed by atoms with Gasteiger partial charge in [0, 0.05) is 19.2 Å². The zero-order chi connectivity index (χ0) is 15.4. The number of aryl methyl sites for hydroxylation is 1. The minimum atomic E-state index is -0.368. The molecule has 7 nitrogen and oxygen atoms in total. The van der Waals surface area contributed by atoms with Gasteiger partial charge in [0.2, 0.25) is 0 Å². The Hall–Kier alpha value is -2.44. The first-order valence-corrected chi connectivity index (χ1v) is 6.72. The maximum Gasteiger partial charge on any atom is 0.272 e. The van der Waals surface area contributed by atoms with Gasteiger partial charge < -0.3 is 9.84 Å². The third kappa shape index (κ3) is 4.01. The monoisotopic (exact) mass is 290 g/mol. The maximum absolute atomic E-state index is 11.9. The molecule has 0 atom stereocenters. The second-order valence-electron chi connectivity index (χ2n) is 5.25. The fourth-order valence-corrected chi connectivity index (χ4v) is 1.83. The van der Waals surface area contributed by atoms with Crippen molar-refractivity contribution < 1.29 is 9.32 Å². The Morgan fingerprint density at radius 1 is 1.43 bits per heavy atom. The van der Waals surface area contributed by atoms with Crippen LogP contribution >= 0.6 is 0 Å². The van der Waals surface area contributed by atoms with Gasteiger partial charge in [0.05, 0.1) is 12.2 Å². The molecule has 0 aliphatic carbocycles. The van der Waals surface area contributed by atoms with Crippen molar-refractivity contribution in [2.45, 2.75) is 26.8 Å². The molecule has 0 aromatic carbocycles. The molecule has 0 aliphatic heterocycles. The largest absolute Gasteiger partial charge is 0.359 e. The molecule has 0 radical (unpaired) electrons. The maximum atomic E-state index is 11.9. The molecule has 2 aromatic rings. The standard InChI is InChI=1S/C14H18N4O3/c1-9(2)6-10-7-11(21-17-10)8-15-14(20)12-4-5-13(19)18(3)16-12/h4-5,7,9H,6,8H2,1-3H3,(H,15,20). The summed E-state index contributed by atoms with van der Waals surface area (Å²) in [7, 11) is 1.49. The van der Waals surface area contributed by atoms with Gasteiger partial charge in [0.25, 0.3) is 11.5 Å². The van der Waals surface area contributed by atoms with Crippen molar-refractivity contribution in [3.63, 3.8) is 0 Å². The normalized spacial score (nSPS) is 10.9. The second-order valence-corrected chi connectivity index (χ2v) is 5.25. The number of hydrogen-bond acceptors (Lipinski definition) is 5. The molecule has 1 N–H and O–H groups in total. The van der Waals surface area contributed by atoms with Gasteiger partial charge in [0.1, 0.15) is 5.69 Å². The number of carbonyl (C=O) groups excluding carboxylic acids is 1. The number of hydrogen-bond donors (Lipinski definition) is 1. The molecular formula is C14H18N4O3. The second kappa shape index (κ2) is 6.34. The van der Waals surface area contributed by atoms with E-state index in [-0.39, 0.29) is 23.7 Å². The number of rotatable bonds is 5. The third-order valence-corrected chi connectivity index (χ3v) is 2.84. The first kappa shape index (κ1) is 15.0. The summed E-state index contributed by atoms with van der Waals surface area (Å²) < 4.78 is 6.27. The van der Waals surface area contributed by atoms with Crippen LogP contribution in [0, 0.1) is 5.92 Å². The highest BCUT2D eigenvalue weighted by atomic mass is 16.5. The van der Waals surface area contributed by atoms with Gasteiger partial charge in [-0.2, -0.15) is 5.10 Å². The molecule has 0 saturated heterocycles. The summed E-state index contributed by atoms with van der Waals surface area (Å²) in [6.45, 7) is 4.43. The Kier molecular flexibility index (Phi) is 4.52. The number of amides is 1. The van der Waals surface area contributed by atoms with Crippen molar-refractivity contribution in [2.24, 2.45) is 13.0 Å². The molecular weight excluding hydrogens is 272 g/mol. The minimum absolute atomic E-state index is 0.180. The summed E-state index contributed by atoms with van der Waals surface area (Å²) in [6, 6.07) is 4.52. The van der Waals surface area contributed by atoms with Crippen molar-refractivity contribution in [1.29, 1.82) is 0 Å². The zero-order valence-electron chi connectivity index (χ0n) is 12.3. The third-order valence-electron chi connectivity index (χ3n) is 2.84. The Balaban J connectivity index is 1.96. The van der Waals surface area contributed by atoms with Crippen molar-refractivity contribution in [2.75, 3.05) is 0 Å². The lowest BCUT2D eigenvalue weighted by Gasteiger charge is -2.03. The smallest absolute Gasteiger partial charge is 0.272 e. The molecule has 21 heavy (non-hydrogen) atoms. The molecule has 2 heterocycles. The number of nitrogens with zero attached hydrogens (tertiary/aromatic N) is 3. The van der Waals surface area contributed by atoms with E-state index < -0.39 is 0 Å². The first-order chi connectivity index (χ1) is 9.95. The highest BCUT2D eigenvalue weighted by Gasteiger charge is 2.11. The van der Waals surface area contributed by atoms with Crippen LogP contribution in [0.4, 0.5) is 0 Å². The van der Waals surface area contributed by atoms with E-state index in [9.17, 15) is 9.59 Å². The van der Waals surface area contributed by atoms with Gasteiger partial charge in [-0.15, -0.1) is 0 Å². The summed E-state index contributed by atoms with van der Waals surface area (Å²) in [5, 5.41) is 10.5. The number of aromatic nitrogens is 3. The Labute approximate surface area is 121 Å². The fraction of sp³-hybridized carbons (Fsp3) is 0.429. The zero-order valence-corrected chi connectivity index (χ0v) is 12.3. The fourth-order valence-electron chi connectivity index (χ4n) is 1.83. The minimum Gasteiger partial charge on any atom is -0.359 e. The lowest BCUT2D eigenvalue weighted by Crippen LogP contribution is -2.27. The predicted molar refractivity (Wildman–Crippen MR) is 75.7 cm³/mol. The van der Waals surface area contributed by atoms with Crippen LogP contribution in [-0.2, 0) is 20.0 Å². The summed E-state index contributed by atoms with van der Waals surface area (Å²) >= 11 is 0. The molecule has 0 unspecified atom stereocenters. The Morgan fingerprint density at radius 2 is 2.19 bits per heavy atom. The highest BCUT2D eigenvalue weighted by Crippen LogP contribution is 2.09. The van der Waals surface area contributed by atoms with Crippen LogP contribution < -0.4 is 10.9 Å². The van der Waals surface area contributed by atoms with Crippen molar-refractivity contribution in [1.82, 2.24) is 20.3 Å². The average molecular weight is 290 g/mol. The van der Waals surface area contributed by atoms with E-state index in [0.29, 0.717) is 11.7 Å². The van der Waals surface area contributed by atoms with Crippen LogP contribution in [0.1, 0.15) is 35.8 Å². The molecule has 0 aliphatic rings. The van der Waals surface area contributed by atoms with Crippen LogP contribution in [0.5, 0.6) is 0 Å². The van der Waals surface area contributed by atoms with E-state index in [0.717, 1.165) is 16.8 Å². The lowest BCUT2D eigenvalue weighted by molar-refractivity contribution is 0.0939. The molecule has 7 heteroatoms. The molecule has 2 rings (SSSR count). The van der Waals surface area contributed by atoms with E-state index in [2.05, 4.69) is 29.4 Å². The Bertz CT molecular complexity index is 688. The van der Waals surface area contributed by atoms with Crippen LogP contribution in [0.15, 0.2) is 27.5 Å². The van der Waals surface area contributed by atoms with E-state index in [4.69, 9.17) is 4.52 Å². The number of carbonyl (C=O) groups is 1. The van der Waals surface area contributed by atoms with E-state index in [1.54, 1.807) is 0 Å². The topological polar surface area (TPSA) is 90.0 Å². The summed E-state index contributed by atoms with van der Waals surface area (Å²) in [5.41, 5.74) is 0.786. The summed E-state index contributed by atoms with van der Waals surface area (Å²) in [5.74, 6) is 0.712. The molecule has 0 bridgehead atoms. The lowest BCUT2D eigenvalue weighted by atomic mass is 10.1. The molecule has 1 amide bonds. The molecule has 112 valence electrons. The number of nitrogens with one attached hydrogen (secondary N) is 1. The van der Waals surface area contributed by atoms with Gasteiger partial charge in [-0.25, -0.2) is 4.68 Å². The SMILES string of the molecule is CC(C)Cc1cc(CNC(=O)c2ccc(=O)n(C)n2)on1. The van der Waals surface area contributed by atoms with Crippen molar-refractivity contribution >= 4 is 5.91 Å². The highest BCUT2D eigenvalue weighted by molar-refractivity contribution is 5.91. The van der Waals surface area contributed by atoms with Crippen LogP contribution in [0.2, 0.25) is 0 Å². The van der Waals surface area contributed by atoms with Gasteiger partial charge in [-0.3, -0.25) is 9.59 Å². The van der Waals surface area contributed by atoms with E-state index >= 15 is 0 Å². The van der Waals surface area contributed by atoms with Gasteiger partial charge in [-0.05, 0) is 18.4 Å². The van der Waals surface area contributed by atoms with Crippen molar-refractivity contribution in [3.8, 4) is 0 Å². The van der Waals surface area contributed by atoms with Crippen LogP contribution in [0.3, 0.4) is 0 Å². The van der Waals surface area contributed by atoms with Gasteiger partial charge >= 0.3 is 0 Å². The first-order valence-electron chi connectivity index (χ1n) is 6.72. The van der Waals surface area contributed by atoms with Gasteiger partial charge in [-0.1, -0.05) is 19.0 Å². The predicted octanol–water partition coefficient (Wildman–Crippen LogP) is 0.897. The summed E-state index contributed by atoms with van der Waals surface area (Å²) in [4.78, 5) is 23.1. The van der Waals surface area contributed by atoms with Gasteiger partial charge in [0.15, 0.2) is 5.76 Å². The molecule has 0 spiro atoms. The quantitative estimate of drug-likeness (QED) is 0.883. The summed E-state index contributed by atoms with van der Waals surface area (Å²) in [6.07, 6.45) is 0.833. The van der Waals surface area contributed by atoms with Crippen LogP contribution in [0.25, 0.3) is 0 Å². The van der Waals surface area contributed by atoms with E-state index in [1.165, 1.54) is 19.2 Å². The Morgan fingerprint density at radius 3 is 2.86 bits per heavy atom.